The maximum Gasteiger partial charge on any atom is 0.306 e. The van der Waals surface area contributed by atoms with Gasteiger partial charge in [-0.2, -0.15) is 0 Å². The molecule has 1 aliphatic rings. The molecule has 4 nitrogen and oxygen atoms in total. The van der Waals surface area contributed by atoms with Gasteiger partial charge in [-0.1, -0.05) is 6.92 Å². The second kappa shape index (κ2) is 3.48. The van der Waals surface area contributed by atoms with E-state index in [9.17, 15) is 9.59 Å². The van der Waals surface area contributed by atoms with Crippen molar-refractivity contribution in [1.29, 1.82) is 0 Å². The summed E-state index contributed by atoms with van der Waals surface area (Å²) in [6, 6.07) is 0. The summed E-state index contributed by atoms with van der Waals surface area (Å²) >= 11 is 0. The van der Waals surface area contributed by atoms with Crippen molar-refractivity contribution < 1.29 is 19.1 Å². The molecule has 0 aliphatic carbocycles. The minimum atomic E-state index is -0.651. The van der Waals surface area contributed by atoms with Crippen LogP contribution in [0.4, 0.5) is 0 Å². The van der Waals surface area contributed by atoms with Crippen LogP contribution in [0.25, 0.3) is 0 Å². The van der Waals surface area contributed by atoms with E-state index in [0.29, 0.717) is 6.42 Å². The number of ketones is 1. The zero-order valence-electron chi connectivity index (χ0n) is 6.33. The van der Waals surface area contributed by atoms with E-state index in [1.807, 2.05) is 0 Å². The molecule has 0 aromatic heterocycles. The maximum atomic E-state index is 10.8. The van der Waals surface area contributed by atoms with Crippen LogP contribution in [0.15, 0.2) is 0 Å². The topological polar surface area (TPSA) is 52.6 Å². The smallest absolute Gasteiger partial charge is 0.306 e. The Balaban J connectivity index is 2.36. The van der Waals surface area contributed by atoms with Crippen molar-refractivity contribution in [3.8, 4) is 0 Å². The van der Waals surface area contributed by atoms with Crippen LogP contribution in [0.5, 0.6) is 0 Å². The summed E-state index contributed by atoms with van der Waals surface area (Å²) in [7, 11) is 0. The third kappa shape index (κ3) is 2.01. The van der Waals surface area contributed by atoms with Crippen LogP contribution in [0.1, 0.15) is 13.3 Å². The molecule has 1 saturated heterocycles. The number of hydrogen-bond acceptors (Lipinski definition) is 4. The SMILES string of the molecule is CCC(=O)OC1COCC1=O. The van der Waals surface area contributed by atoms with Gasteiger partial charge in [0.1, 0.15) is 6.61 Å². The Hall–Kier alpha value is -0.900. The highest BCUT2D eigenvalue weighted by molar-refractivity contribution is 5.88. The molecule has 1 aliphatic heterocycles. The van der Waals surface area contributed by atoms with Crippen molar-refractivity contribution in [2.75, 3.05) is 13.2 Å². The fourth-order valence-corrected chi connectivity index (χ4v) is 0.794. The Morgan fingerprint density at radius 3 is 3.00 bits per heavy atom. The van der Waals surface area contributed by atoms with E-state index >= 15 is 0 Å². The zero-order valence-corrected chi connectivity index (χ0v) is 6.33. The summed E-state index contributed by atoms with van der Waals surface area (Å²) in [5.41, 5.74) is 0. The highest BCUT2D eigenvalue weighted by Crippen LogP contribution is 2.05. The number of carbonyl (C=O) groups is 2. The fraction of sp³-hybridized carbons (Fsp3) is 0.714. The van der Waals surface area contributed by atoms with Crippen LogP contribution in [0.2, 0.25) is 0 Å². The summed E-state index contributed by atoms with van der Waals surface area (Å²) < 4.78 is 9.55. The third-order valence-corrected chi connectivity index (χ3v) is 1.44. The number of esters is 1. The van der Waals surface area contributed by atoms with Crippen LogP contribution in [0.3, 0.4) is 0 Å². The predicted octanol–water partition coefficient (Wildman–Crippen LogP) is -0.0925. The third-order valence-electron chi connectivity index (χ3n) is 1.44. The van der Waals surface area contributed by atoms with Gasteiger partial charge in [-0.05, 0) is 0 Å². The van der Waals surface area contributed by atoms with Gasteiger partial charge in [0.25, 0.3) is 0 Å². The van der Waals surface area contributed by atoms with E-state index in [2.05, 4.69) is 0 Å². The average Bonchev–Trinajstić information content (AvgIpc) is 2.37. The largest absolute Gasteiger partial charge is 0.452 e. The molecule has 1 atom stereocenters. The first-order valence-corrected chi connectivity index (χ1v) is 3.54. The maximum absolute atomic E-state index is 10.8. The van der Waals surface area contributed by atoms with E-state index in [1.54, 1.807) is 6.92 Å². The molecule has 1 heterocycles. The second-order valence-corrected chi connectivity index (χ2v) is 2.31. The van der Waals surface area contributed by atoms with Crippen molar-refractivity contribution in [2.24, 2.45) is 0 Å². The summed E-state index contributed by atoms with van der Waals surface area (Å²) in [6.45, 7) is 1.97. The summed E-state index contributed by atoms with van der Waals surface area (Å²) in [5.74, 6) is -0.499. The normalized spacial score (nSPS) is 23.7. The Labute approximate surface area is 64.5 Å². The van der Waals surface area contributed by atoms with E-state index in [1.165, 1.54) is 0 Å². The minimum absolute atomic E-state index is 0.0711. The molecule has 0 amide bonds. The first kappa shape index (κ1) is 8.20. The van der Waals surface area contributed by atoms with Crippen LogP contribution >= 0.6 is 0 Å². The number of Topliss-reactive ketones (excluding diaryl/α,β-unsaturated/α-hetero) is 1. The Morgan fingerprint density at radius 2 is 2.55 bits per heavy atom. The van der Waals surface area contributed by atoms with Gasteiger partial charge >= 0.3 is 5.97 Å². The Bertz CT molecular complexity index is 175. The van der Waals surface area contributed by atoms with Crippen molar-refractivity contribution >= 4 is 11.8 Å². The first-order chi connectivity index (χ1) is 5.24. The Morgan fingerprint density at radius 1 is 1.82 bits per heavy atom. The molecule has 4 heteroatoms. The van der Waals surface area contributed by atoms with Gasteiger partial charge in [0.05, 0.1) is 6.61 Å². The molecular weight excluding hydrogens is 148 g/mol. The van der Waals surface area contributed by atoms with Gasteiger partial charge in [-0.3, -0.25) is 9.59 Å². The number of ether oxygens (including phenoxy) is 2. The van der Waals surface area contributed by atoms with E-state index in [0.717, 1.165) is 0 Å². The molecule has 11 heavy (non-hydrogen) atoms. The molecule has 0 aromatic carbocycles. The van der Waals surface area contributed by atoms with Gasteiger partial charge in [0.2, 0.25) is 5.78 Å². The lowest BCUT2D eigenvalue weighted by atomic mass is 10.3. The first-order valence-electron chi connectivity index (χ1n) is 3.54. The lowest BCUT2D eigenvalue weighted by molar-refractivity contribution is -0.152. The minimum Gasteiger partial charge on any atom is -0.452 e. The van der Waals surface area contributed by atoms with Gasteiger partial charge in [-0.25, -0.2) is 0 Å². The lowest BCUT2D eigenvalue weighted by Gasteiger charge is -2.06. The number of hydrogen-bond donors (Lipinski definition) is 0. The highest BCUT2D eigenvalue weighted by atomic mass is 16.6. The number of rotatable bonds is 2. The highest BCUT2D eigenvalue weighted by Gasteiger charge is 2.28. The summed E-state index contributed by atoms with van der Waals surface area (Å²) in [4.78, 5) is 21.5. The predicted molar refractivity (Wildman–Crippen MR) is 36.0 cm³/mol. The van der Waals surface area contributed by atoms with Crippen LogP contribution in [-0.4, -0.2) is 31.1 Å². The average molecular weight is 158 g/mol. The summed E-state index contributed by atoms with van der Waals surface area (Å²) in [5, 5.41) is 0. The van der Waals surface area contributed by atoms with Crippen LogP contribution in [0, 0.1) is 0 Å². The molecule has 62 valence electrons. The van der Waals surface area contributed by atoms with E-state index < -0.39 is 6.10 Å². The van der Waals surface area contributed by atoms with E-state index in [-0.39, 0.29) is 25.0 Å². The molecule has 1 unspecified atom stereocenters. The molecule has 0 bridgehead atoms. The second-order valence-electron chi connectivity index (χ2n) is 2.31. The van der Waals surface area contributed by atoms with Crippen molar-refractivity contribution in [2.45, 2.75) is 19.4 Å². The molecule has 0 saturated carbocycles. The Kier molecular flexibility index (Phi) is 2.59. The fourth-order valence-electron chi connectivity index (χ4n) is 0.794. The van der Waals surface area contributed by atoms with Crippen molar-refractivity contribution in [3.63, 3.8) is 0 Å². The number of carbonyl (C=O) groups excluding carboxylic acids is 2. The molecule has 1 fully saturated rings. The molecule has 0 radical (unpaired) electrons. The van der Waals surface area contributed by atoms with Gasteiger partial charge in [0.15, 0.2) is 6.10 Å². The standard InChI is InChI=1S/C7H10O4/c1-2-7(9)11-6-4-10-3-5(6)8/h6H,2-4H2,1H3. The quantitative estimate of drug-likeness (QED) is 0.527. The monoisotopic (exact) mass is 158 g/mol. The van der Waals surface area contributed by atoms with Gasteiger partial charge < -0.3 is 9.47 Å². The van der Waals surface area contributed by atoms with Crippen molar-refractivity contribution in [3.05, 3.63) is 0 Å². The van der Waals surface area contributed by atoms with Crippen molar-refractivity contribution in [1.82, 2.24) is 0 Å². The molecule has 1 rings (SSSR count). The van der Waals surface area contributed by atoms with E-state index in [4.69, 9.17) is 9.47 Å². The van der Waals surface area contributed by atoms with Gasteiger partial charge in [0, 0.05) is 6.42 Å². The molecule has 0 spiro atoms. The molecule has 0 N–H and O–H groups in total. The summed E-state index contributed by atoms with van der Waals surface area (Å²) in [6.07, 6.45) is -0.355. The molecular formula is C7H10O4. The van der Waals surface area contributed by atoms with Gasteiger partial charge in [-0.15, -0.1) is 0 Å². The van der Waals surface area contributed by atoms with Crippen LogP contribution < -0.4 is 0 Å². The molecule has 0 aromatic rings. The lowest BCUT2D eigenvalue weighted by Crippen LogP contribution is -2.24. The van der Waals surface area contributed by atoms with Crippen LogP contribution in [-0.2, 0) is 19.1 Å². The zero-order chi connectivity index (χ0) is 8.27.